The van der Waals surface area contributed by atoms with Crippen molar-refractivity contribution in [1.29, 1.82) is 5.26 Å². The Hall–Kier alpha value is -3.23. The molecule has 0 radical (unpaired) electrons. The van der Waals surface area contributed by atoms with Gasteiger partial charge in [0.1, 0.15) is 19.8 Å². The van der Waals surface area contributed by atoms with Crippen LogP contribution in [0.15, 0.2) is 0 Å². The van der Waals surface area contributed by atoms with E-state index in [9.17, 15) is 19.2 Å². The maximum Gasteiger partial charge on any atom is 0.509 e. The number of carboxylic acids is 1. The summed E-state index contributed by atoms with van der Waals surface area (Å²) >= 11 is 0. The van der Waals surface area contributed by atoms with Crippen molar-refractivity contribution in [2.75, 3.05) is 26.4 Å². The van der Waals surface area contributed by atoms with Gasteiger partial charge in [-0.15, -0.1) is 0 Å². The van der Waals surface area contributed by atoms with Crippen LogP contribution in [-0.2, 0) is 33.3 Å². The third kappa shape index (κ3) is 12.7. The van der Waals surface area contributed by atoms with Gasteiger partial charge in [-0.2, -0.15) is 5.26 Å². The number of unbranched alkanes of at least 4 members (excludes halogenated alkanes) is 2. The number of ether oxygens (including phenoxy) is 5. The standard InChI is InChI=1S/C8H13NO4.C5H9NO.C4H4O5/c1-2-3-4-9-7(10)6-5-12-8(11)13-6;1-2-3-4-7-5-6;5-3(6)2-1-8-4(7)9-2/h6H,2-5H2,1H3,(H,9,10);2-4H2,1H3;2H,1H2,(H,5,6). The van der Waals surface area contributed by atoms with E-state index in [1.165, 1.54) is 0 Å². The van der Waals surface area contributed by atoms with E-state index in [1.54, 1.807) is 6.26 Å². The molecule has 2 heterocycles. The van der Waals surface area contributed by atoms with Crippen molar-refractivity contribution >= 4 is 24.2 Å². The molecule has 2 aliphatic rings. The fourth-order valence-electron chi connectivity index (χ4n) is 1.67. The topological polar surface area (TPSA) is 170 Å². The second-order valence-electron chi connectivity index (χ2n) is 5.61. The number of nitrogens with zero attached hydrogens (tertiary/aromatic N) is 1. The van der Waals surface area contributed by atoms with Crippen LogP contribution in [0.2, 0.25) is 0 Å². The highest BCUT2D eigenvalue weighted by molar-refractivity contribution is 5.84. The number of amides is 1. The van der Waals surface area contributed by atoms with Crippen LogP contribution >= 0.6 is 0 Å². The second kappa shape index (κ2) is 15.8. The fourth-order valence-corrected chi connectivity index (χ4v) is 1.67. The maximum atomic E-state index is 11.2. The summed E-state index contributed by atoms with van der Waals surface area (Å²) < 4.78 is 21.8. The van der Waals surface area contributed by atoms with E-state index < -0.39 is 30.5 Å². The highest BCUT2D eigenvalue weighted by atomic mass is 16.8. The summed E-state index contributed by atoms with van der Waals surface area (Å²) in [7, 11) is 0. The number of aliphatic carboxylic acids is 1. The summed E-state index contributed by atoms with van der Waals surface area (Å²) in [5.74, 6) is -1.46. The molecule has 164 valence electrons. The number of cyclic esters (lactones) is 4. The normalized spacial score (nSPS) is 18.8. The molecule has 0 aromatic heterocycles. The first-order chi connectivity index (χ1) is 13.8. The SMILES string of the molecule is CCCCNC(=O)C1COC(=O)O1.CCCCOC#N.O=C1OCC(C(=O)O)O1. The Morgan fingerprint density at radius 3 is 2.03 bits per heavy atom. The van der Waals surface area contributed by atoms with Gasteiger partial charge in [0.25, 0.3) is 12.2 Å². The molecule has 2 N–H and O–H groups in total. The lowest BCUT2D eigenvalue weighted by atomic mass is 10.3. The van der Waals surface area contributed by atoms with Gasteiger partial charge in [-0.1, -0.05) is 26.7 Å². The average Bonchev–Trinajstić information content (AvgIpc) is 3.32. The van der Waals surface area contributed by atoms with Crippen molar-refractivity contribution in [3.63, 3.8) is 0 Å². The second-order valence-corrected chi connectivity index (χ2v) is 5.61. The van der Waals surface area contributed by atoms with Crippen LogP contribution in [0.25, 0.3) is 0 Å². The van der Waals surface area contributed by atoms with E-state index in [0.717, 1.165) is 25.7 Å². The van der Waals surface area contributed by atoms with E-state index >= 15 is 0 Å². The van der Waals surface area contributed by atoms with Crippen molar-refractivity contribution in [1.82, 2.24) is 5.32 Å². The average molecular weight is 418 g/mol. The molecule has 0 aromatic carbocycles. The number of carbonyl (C=O) groups excluding carboxylic acids is 3. The van der Waals surface area contributed by atoms with Gasteiger partial charge in [-0.3, -0.25) is 4.79 Å². The summed E-state index contributed by atoms with van der Waals surface area (Å²) in [6.07, 6.45) is 2.05. The molecule has 2 rings (SSSR count). The van der Waals surface area contributed by atoms with Gasteiger partial charge < -0.3 is 34.1 Å². The molecular formula is C17H26N2O10. The van der Waals surface area contributed by atoms with E-state index in [0.29, 0.717) is 13.2 Å². The van der Waals surface area contributed by atoms with Crippen molar-refractivity contribution < 1.29 is 48.0 Å². The van der Waals surface area contributed by atoms with Crippen LogP contribution in [0.3, 0.4) is 0 Å². The summed E-state index contributed by atoms with van der Waals surface area (Å²) in [6, 6.07) is 0. The lowest BCUT2D eigenvalue weighted by Gasteiger charge is -2.06. The molecule has 12 heteroatoms. The van der Waals surface area contributed by atoms with E-state index in [2.05, 4.69) is 35.9 Å². The molecule has 2 fully saturated rings. The van der Waals surface area contributed by atoms with Gasteiger partial charge in [-0.05, 0) is 12.8 Å². The van der Waals surface area contributed by atoms with Crippen LogP contribution in [0, 0.1) is 11.5 Å². The van der Waals surface area contributed by atoms with Crippen LogP contribution in [0.4, 0.5) is 9.59 Å². The minimum Gasteiger partial charge on any atom is -0.478 e. The quantitative estimate of drug-likeness (QED) is 0.331. The third-order valence-corrected chi connectivity index (χ3v) is 3.24. The molecule has 0 spiro atoms. The Morgan fingerprint density at radius 2 is 1.66 bits per heavy atom. The van der Waals surface area contributed by atoms with Crippen LogP contribution in [0.1, 0.15) is 39.5 Å². The number of hydrogen-bond acceptors (Lipinski definition) is 10. The zero-order valence-electron chi connectivity index (χ0n) is 16.4. The Labute approximate surface area is 168 Å². The molecular weight excluding hydrogens is 392 g/mol. The minimum atomic E-state index is -1.18. The van der Waals surface area contributed by atoms with E-state index in [4.69, 9.17) is 10.4 Å². The first-order valence-electron chi connectivity index (χ1n) is 9.03. The van der Waals surface area contributed by atoms with Gasteiger partial charge in [0.2, 0.25) is 12.2 Å². The summed E-state index contributed by atoms with van der Waals surface area (Å²) in [5, 5.41) is 18.6. The molecule has 2 saturated heterocycles. The minimum absolute atomic E-state index is 0.0246. The van der Waals surface area contributed by atoms with Gasteiger partial charge >= 0.3 is 18.3 Å². The number of nitriles is 1. The van der Waals surface area contributed by atoms with Crippen molar-refractivity contribution in [2.24, 2.45) is 0 Å². The Morgan fingerprint density at radius 1 is 1.10 bits per heavy atom. The predicted molar refractivity (Wildman–Crippen MR) is 94.5 cm³/mol. The molecule has 1 amide bonds. The molecule has 2 atom stereocenters. The first-order valence-corrected chi connectivity index (χ1v) is 9.03. The zero-order valence-corrected chi connectivity index (χ0v) is 16.4. The van der Waals surface area contributed by atoms with Crippen molar-refractivity contribution in [3.05, 3.63) is 0 Å². The Bertz CT molecular complexity index is 575. The highest BCUT2D eigenvalue weighted by Gasteiger charge is 2.31. The van der Waals surface area contributed by atoms with Crippen LogP contribution in [0.5, 0.6) is 0 Å². The van der Waals surface area contributed by atoms with E-state index in [-0.39, 0.29) is 19.1 Å². The predicted octanol–water partition coefficient (Wildman–Crippen LogP) is 1.33. The number of hydrogen-bond donors (Lipinski definition) is 2. The van der Waals surface area contributed by atoms with E-state index in [1.807, 2.05) is 6.92 Å². The third-order valence-electron chi connectivity index (χ3n) is 3.24. The molecule has 0 bridgehead atoms. The molecule has 0 aliphatic carbocycles. The van der Waals surface area contributed by atoms with Crippen molar-refractivity contribution in [2.45, 2.75) is 51.7 Å². The Balaban J connectivity index is 0.000000430. The molecule has 0 saturated carbocycles. The van der Waals surface area contributed by atoms with Gasteiger partial charge in [-0.25, -0.2) is 14.4 Å². The fraction of sp³-hybridized carbons (Fsp3) is 0.706. The lowest BCUT2D eigenvalue weighted by Crippen LogP contribution is -2.36. The lowest BCUT2D eigenvalue weighted by molar-refractivity contribution is -0.144. The van der Waals surface area contributed by atoms with Gasteiger partial charge in [0, 0.05) is 6.54 Å². The molecule has 0 aromatic rings. The molecule has 2 unspecified atom stereocenters. The smallest absolute Gasteiger partial charge is 0.478 e. The first kappa shape index (κ1) is 25.8. The van der Waals surface area contributed by atoms with Crippen LogP contribution < -0.4 is 5.32 Å². The largest absolute Gasteiger partial charge is 0.509 e. The number of nitrogens with one attached hydrogen (secondary N) is 1. The number of carbonyl (C=O) groups is 4. The molecule has 12 nitrogen and oxygen atoms in total. The summed E-state index contributed by atoms with van der Waals surface area (Å²) in [6.45, 7) is 5.12. The number of rotatable bonds is 8. The monoisotopic (exact) mass is 418 g/mol. The molecule has 2 aliphatic heterocycles. The van der Waals surface area contributed by atoms with Gasteiger partial charge in [0.15, 0.2) is 0 Å². The number of carboxylic acid groups (broad SMARTS) is 1. The zero-order chi connectivity index (χ0) is 22.1. The Kier molecular flexibility index (Phi) is 14.0. The maximum absolute atomic E-state index is 11.2. The van der Waals surface area contributed by atoms with Crippen LogP contribution in [-0.4, -0.2) is 67.9 Å². The summed E-state index contributed by atoms with van der Waals surface area (Å²) in [4.78, 5) is 41.7. The highest BCUT2D eigenvalue weighted by Crippen LogP contribution is 2.06. The molecule has 29 heavy (non-hydrogen) atoms. The van der Waals surface area contributed by atoms with Gasteiger partial charge in [0.05, 0.1) is 0 Å². The summed E-state index contributed by atoms with van der Waals surface area (Å²) in [5.41, 5.74) is 0. The van der Waals surface area contributed by atoms with Crippen molar-refractivity contribution in [3.8, 4) is 6.26 Å².